The summed E-state index contributed by atoms with van der Waals surface area (Å²) in [6.45, 7) is 0. The van der Waals surface area contributed by atoms with E-state index < -0.39 is 0 Å². The Bertz CT molecular complexity index is 2750. The van der Waals surface area contributed by atoms with Crippen molar-refractivity contribution >= 4 is 32.7 Å². The van der Waals surface area contributed by atoms with E-state index in [-0.39, 0.29) is 16.7 Å². The van der Waals surface area contributed by atoms with Crippen LogP contribution in [0, 0.1) is 45.3 Å². The van der Waals surface area contributed by atoms with Crippen molar-refractivity contribution in [1.82, 2.24) is 20.0 Å². The van der Waals surface area contributed by atoms with E-state index in [9.17, 15) is 21.0 Å². The smallest absolute Gasteiger partial charge is 0.122 e. The van der Waals surface area contributed by atoms with Crippen LogP contribution in [0.5, 0.6) is 0 Å². The predicted molar refractivity (Wildman–Crippen MR) is 187 cm³/mol. The molecule has 0 fully saturated rings. The number of benzene rings is 6. The Kier molecular flexibility index (Phi) is 6.83. The monoisotopic (exact) mass is 624 g/mol. The van der Waals surface area contributed by atoms with Gasteiger partial charge in [0, 0.05) is 27.3 Å². The molecule has 0 bridgehead atoms. The fraction of sp³-hybridized carbons (Fsp3) is 0. The van der Waals surface area contributed by atoms with Crippen LogP contribution in [0.3, 0.4) is 0 Å². The molecule has 2 heterocycles. The van der Waals surface area contributed by atoms with E-state index >= 15 is 0 Å². The molecule has 0 N–H and O–H groups in total. The minimum Gasteiger partial charge on any atom is -0.247 e. The quantitative estimate of drug-likeness (QED) is 0.179. The van der Waals surface area contributed by atoms with Crippen molar-refractivity contribution in [3.8, 4) is 63.5 Å². The van der Waals surface area contributed by atoms with Crippen molar-refractivity contribution in [1.29, 1.82) is 21.0 Å². The lowest BCUT2D eigenvalue weighted by Gasteiger charge is -2.13. The molecule has 224 valence electrons. The van der Waals surface area contributed by atoms with Gasteiger partial charge in [0.25, 0.3) is 0 Å². The Labute approximate surface area is 280 Å². The number of nitrogens with zero attached hydrogens (tertiary/aromatic N) is 8. The van der Waals surface area contributed by atoms with Crippen LogP contribution in [0.1, 0.15) is 22.3 Å². The van der Waals surface area contributed by atoms with Gasteiger partial charge in [-0.15, -0.1) is 10.2 Å². The molecule has 0 atom stereocenters. The van der Waals surface area contributed by atoms with Crippen molar-refractivity contribution in [2.75, 3.05) is 0 Å². The first kappa shape index (κ1) is 28.8. The van der Waals surface area contributed by atoms with Crippen LogP contribution in [-0.2, 0) is 0 Å². The Morgan fingerprint density at radius 2 is 1.12 bits per heavy atom. The maximum Gasteiger partial charge on any atom is 0.122 e. The topological polar surface area (TPSA) is 139 Å². The predicted octanol–water partition coefficient (Wildman–Crippen LogP) is 8.61. The lowest BCUT2D eigenvalue weighted by atomic mass is 9.92. The van der Waals surface area contributed by atoms with Gasteiger partial charge >= 0.3 is 0 Å². The largest absolute Gasteiger partial charge is 0.247 e. The highest BCUT2D eigenvalue weighted by molar-refractivity contribution is 6.21. The van der Waals surface area contributed by atoms with E-state index in [0.29, 0.717) is 16.7 Å². The maximum atomic E-state index is 9.86. The van der Waals surface area contributed by atoms with E-state index in [1.165, 1.54) is 12.1 Å². The second-order valence-corrected chi connectivity index (χ2v) is 11.4. The van der Waals surface area contributed by atoms with Gasteiger partial charge in [-0.05, 0) is 71.3 Å². The highest BCUT2D eigenvalue weighted by atomic mass is 15.5. The summed E-state index contributed by atoms with van der Waals surface area (Å²) in [5.74, 6) is 0. The summed E-state index contributed by atoms with van der Waals surface area (Å²) in [5.41, 5.74) is 9.14. The van der Waals surface area contributed by atoms with Gasteiger partial charge in [0.15, 0.2) is 0 Å². The van der Waals surface area contributed by atoms with E-state index in [1.807, 2.05) is 91.0 Å². The highest BCUT2D eigenvalue weighted by Gasteiger charge is 2.19. The van der Waals surface area contributed by atoms with Crippen molar-refractivity contribution in [2.45, 2.75) is 0 Å². The summed E-state index contributed by atoms with van der Waals surface area (Å²) in [6.07, 6.45) is 0. The first-order chi connectivity index (χ1) is 24.1. The highest BCUT2D eigenvalue weighted by Crippen LogP contribution is 2.39. The Hall–Kier alpha value is -7.65. The average molecular weight is 625 g/mol. The lowest BCUT2D eigenvalue weighted by molar-refractivity contribution is 0.766. The minimum atomic E-state index is 0.260. The molecule has 0 aliphatic rings. The number of para-hydroxylation sites is 1. The number of hydrogen-bond donors (Lipinski definition) is 0. The minimum absolute atomic E-state index is 0.260. The fourth-order valence-electron chi connectivity index (χ4n) is 6.27. The molecule has 0 aliphatic carbocycles. The molecule has 0 saturated carbocycles. The third-order valence-electron chi connectivity index (χ3n) is 8.60. The summed E-state index contributed by atoms with van der Waals surface area (Å²) in [4.78, 5) is 6.86. The van der Waals surface area contributed by atoms with Gasteiger partial charge in [0.2, 0.25) is 0 Å². The summed E-state index contributed by atoms with van der Waals surface area (Å²) >= 11 is 0. The van der Waals surface area contributed by atoms with Gasteiger partial charge in [-0.25, -0.2) is 4.98 Å². The number of nitriles is 4. The second kappa shape index (κ2) is 11.6. The van der Waals surface area contributed by atoms with Crippen LogP contribution in [0.25, 0.3) is 71.9 Å². The van der Waals surface area contributed by atoms with E-state index in [2.05, 4.69) is 30.3 Å². The summed E-state index contributed by atoms with van der Waals surface area (Å²) in [7, 11) is 0. The van der Waals surface area contributed by atoms with Crippen LogP contribution in [-0.4, -0.2) is 20.0 Å². The van der Waals surface area contributed by atoms with Gasteiger partial charge in [-0.2, -0.15) is 25.8 Å². The molecule has 8 nitrogen and oxygen atoms in total. The molecule has 0 radical (unpaired) electrons. The summed E-state index contributed by atoms with van der Waals surface area (Å²) < 4.78 is 0. The Morgan fingerprint density at radius 1 is 0.490 bits per heavy atom. The van der Waals surface area contributed by atoms with Crippen molar-refractivity contribution in [3.63, 3.8) is 0 Å². The van der Waals surface area contributed by atoms with Gasteiger partial charge in [0.05, 0.1) is 63.4 Å². The van der Waals surface area contributed by atoms with Crippen LogP contribution >= 0.6 is 0 Å². The van der Waals surface area contributed by atoms with E-state index in [0.717, 1.165) is 60.8 Å². The molecule has 0 saturated heterocycles. The van der Waals surface area contributed by atoms with Gasteiger partial charge in [0.1, 0.15) is 11.0 Å². The van der Waals surface area contributed by atoms with Crippen LogP contribution in [0.4, 0.5) is 0 Å². The molecule has 0 amide bonds. The van der Waals surface area contributed by atoms with Gasteiger partial charge < -0.3 is 0 Å². The van der Waals surface area contributed by atoms with Crippen molar-refractivity contribution in [2.24, 2.45) is 0 Å². The third kappa shape index (κ3) is 4.87. The number of pyridine rings is 1. The van der Waals surface area contributed by atoms with E-state index in [1.54, 1.807) is 16.9 Å². The average Bonchev–Trinajstić information content (AvgIpc) is 3.62. The zero-order valence-electron chi connectivity index (χ0n) is 25.6. The first-order valence-corrected chi connectivity index (χ1v) is 15.3. The zero-order valence-corrected chi connectivity index (χ0v) is 25.6. The molecular formula is C41H20N8. The Balaban J connectivity index is 1.36. The molecule has 0 spiro atoms. The number of aromatic nitrogens is 4. The van der Waals surface area contributed by atoms with Crippen LogP contribution in [0.2, 0.25) is 0 Å². The molecule has 8 rings (SSSR count). The maximum absolute atomic E-state index is 9.86. The SMILES string of the molecule is N#Cc1ccc(-c2ccc3c(c2)nc(-c2ccc(-c4c(C#N)cc(C#N)cc4C#N)cc2)c2ccc4nn(-c5ccccc5)nc4c23)cc1. The van der Waals surface area contributed by atoms with Crippen molar-refractivity contribution in [3.05, 3.63) is 144 Å². The standard InChI is InChI=1S/C41H20N8/c42-21-25-6-8-27(9-7-25)30-14-15-34-37(20-30)46-40(35-16-17-36-41(39(34)35)48-49(47-36)33-4-2-1-3-5-33)29-12-10-28(11-13-29)38-31(23-44)18-26(22-43)19-32(38)24-45/h1-20H. The number of rotatable bonds is 4. The second-order valence-electron chi connectivity index (χ2n) is 11.4. The molecule has 0 unspecified atom stereocenters. The fourth-order valence-corrected chi connectivity index (χ4v) is 6.27. The van der Waals surface area contributed by atoms with Gasteiger partial charge in [-0.3, -0.25) is 0 Å². The number of hydrogen-bond acceptors (Lipinski definition) is 7. The normalized spacial score (nSPS) is 10.8. The molecule has 8 heteroatoms. The van der Waals surface area contributed by atoms with Crippen LogP contribution < -0.4 is 0 Å². The molecule has 0 aliphatic heterocycles. The van der Waals surface area contributed by atoms with Gasteiger partial charge in [-0.1, -0.05) is 66.7 Å². The lowest BCUT2D eigenvalue weighted by Crippen LogP contribution is -1.97. The molecule has 8 aromatic rings. The Morgan fingerprint density at radius 3 is 1.80 bits per heavy atom. The molecule has 2 aromatic heterocycles. The molecular weight excluding hydrogens is 605 g/mol. The third-order valence-corrected chi connectivity index (χ3v) is 8.60. The zero-order chi connectivity index (χ0) is 33.5. The number of fused-ring (bicyclic) bond motifs is 5. The first-order valence-electron chi connectivity index (χ1n) is 15.3. The van der Waals surface area contributed by atoms with Crippen molar-refractivity contribution < 1.29 is 0 Å². The summed E-state index contributed by atoms with van der Waals surface area (Å²) in [5, 5.41) is 50.9. The molecule has 49 heavy (non-hydrogen) atoms. The summed E-state index contributed by atoms with van der Waals surface area (Å²) in [6, 6.07) is 46.4. The van der Waals surface area contributed by atoms with E-state index in [4.69, 9.17) is 15.2 Å². The molecule has 6 aromatic carbocycles. The van der Waals surface area contributed by atoms with Crippen LogP contribution in [0.15, 0.2) is 121 Å².